The zero-order valence-corrected chi connectivity index (χ0v) is 12.4. The normalized spacial score (nSPS) is 27.0. The largest absolute Gasteiger partial charge is 0.469 e. The summed E-state index contributed by atoms with van der Waals surface area (Å²) in [6.07, 6.45) is 3.59. The highest BCUT2D eigenvalue weighted by Gasteiger charge is 2.47. The predicted molar refractivity (Wildman–Crippen MR) is 72.8 cm³/mol. The van der Waals surface area contributed by atoms with Gasteiger partial charge in [0.05, 0.1) is 18.1 Å². The molecule has 1 amide bonds. The van der Waals surface area contributed by atoms with E-state index in [1.807, 2.05) is 0 Å². The Hall–Kier alpha value is -1.34. The first kappa shape index (κ1) is 13.6. The molecule has 110 valence electrons. The molecule has 2 atom stereocenters. The van der Waals surface area contributed by atoms with Gasteiger partial charge in [-0.05, 0) is 25.3 Å². The van der Waals surface area contributed by atoms with Gasteiger partial charge in [0.1, 0.15) is 5.76 Å². The number of fused-ring (bicyclic) bond motifs is 1. The number of amides is 1. The zero-order valence-electron chi connectivity index (χ0n) is 11.6. The molecule has 6 nitrogen and oxygen atoms in total. The van der Waals surface area contributed by atoms with E-state index in [2.05, 4.69) is 0 Å². The third kappa shape index (κ3) is 2.14. The number of furan rings is 1. The van der Waals surface area contributed by atoms with Crippen LogP contribution in [0.25, 0.3) is 0 Å². The summed E-state index contributed by atoms with van der Waals surface area (Å²) >= 11 is 0. The number of likely N-dealkylation sites (tertiary alicyclic amines) is 1. The Balaban J connectivity index is 1.75. The van der Waals surface area contributed by atoms with Gasteiger partial charge in [-0.1, -0.05) is 0 Å². The molecule has 2 aliphatic heterocycles. The van der Waals surface area contributed by atoms with Gasteiger partial charge in [0, 0.05) is 25.7 Å². The van der Waals surface area contributed by atoms with Crippen LogP contribution in [-0.4, -0.2) is 55.5 Å². The van der Waals surface area contributed by atoms with Gasteiger partial charge in [-0.2, -0.15) is 4.31 Å². The quantitative estimate of drug-likeness (QED) is 0.805. The molecule has 0 spiro atoms. The van der Waals surface area contributed by atoms with Gasteiger partial charge in [-0.25, -0.2) is 8.42 Å². The van der Waals surface area contributed by atoms with Crippen LogP contribution in [-0.2, 0) is 10.0 Å². The van der Waals surface area contributed by atoms with Crippen LogP contribution >= 0.6 is 0 Å². The monoisotopic (exact) mass is 298 g/mol. The van der Waals surface area contributed by atoms with Crippen LogP contribution in [0.15, 0.2) is 16.7 Å². The van der Waals surface area contributed by atoms with Crippen molar-refractivity contribution in [3.63, 3.8) is 0 Å². The molecule has 0 aromatic carbocycles. The summed E-state index contributed by atoms with van der Waals surface area (Å²) < 4.78 is 29.9. The van der Waals surface area contributed by atoms with Crippen LogP contribution in [0.5, 0.6) is 0 Å². The van der Waals surface area contributed by atoms with Gasteiger partial charge in [0.15, 0.2) is 0 Å². The first-order valence-corrected chi connectivity index (χ1v) is 8.53. The zero-order chi connectivity index (χ0) is 14.5. The van der Waals surface area contributed by atoms with E-state index in [0.717, 1.165) is 6.42 Å². The van der Waals surface area contributed by atoms with Crippen molar-refractivity contribution in [2.24, 2.45) is 5.92 Å². The fraction of sp³-hybridized carbons (Fsp3) is 0.615. The molecule has 2 saturated heterocycles. The summed E-state index contributed by atoms with van der Waals surface area (Å²) in [4.78, 5) is 14.1. The topological polar surface area (TPSA) is 70.8 Å². The molecule has 0 aliphatic carbocycles. The van der Waals surface area contributed by atoms with E-state index in [1.165, 1.54) is 16.8 Å². The molecule has 7 heteroatoms. The molecule has 0 unspecified atom stereocenters. The molecule has 2 fully saturated rings. The fourth-order valence-corrected chi connectivity index (χ4v) is 4.28. The molecule has 2 aliphatic rings. The molecule has 0 radical (unpaired) electrons. The van der Waals surface area contributed by atoms with E-state index >= 15 is 0 Å². The van der Waals surface area contributed by atoms with Crippen LogP contribution in [0.1, 0.15) is 22.5 Å². The average molecular weight is 298 g/mol. The second-order valence-electron chi connectivity index (χ2n) is 5.59. The van der Waals surface area contributed by atoms with Gasteiger partial charge in [0.2, 0.25) is 10.0 Å². The Morgan fingerprint density at radius 1 is 1.40 bits per heavy atom. The smallest absolute Gasteiger partial charge is 0.257 e. The van der Waals surface area contributed by atoms with Crippen LogP contribution < -0.4 is 0 Å². The molecule has 0 bridgehead atoms. The minimum atomic E-state index is -3.17. The Kier molecular flexibility index (Phi) is 3.13. The van der Waals surface area contributed by atoms with E-state index in [9.17, 15) is 13.2 Å². The molecular weight excluding hydrogens is 280 g/mol. The van der Waals surface area contributed by atoms with Gasteiger partial charge >= 0.3 is 0 Å². The second-order valence-corrected chi connectivity index (χ2v) is 7.53. The molecule has 1 aromatic heterocycles. The second kappa shape index (κ2) is 4.60. The Morgan fingerprint density at radius 2 is 2.15 bits per heavy atom. The summed E-state index contributed by atoms with van der Waals surface area (Å²) in [6, 6.07) is 1.61. The Morgan fingerprint density at radius 3 is 2.75 bits per heavy atom. The molecule has 3 heterocycles. The van der Waals surface area contributed by atoms with Crippen molar-refractivity contribution in [1.29, 1.82) is 0 Å². The Labute approximate surface area is 118 Å². The van der Waals surface area contributed by atoms with E-state index in [-0.39, 0.29) is 11.9 Å². The van der Waals surface area contributed by atoms with E-state index < -0.39 is 10.0 Å². The van der Waals surface area contributed by atoms with Gasteiger partial charge in [-0.3, -0.25) is 4.79 Å². The summed E-state index contributed by atoms with van der Waals surface area (Å²) in [5.74, 6) is 0.917. The number of hydrogen-bond donors (Lipinski definition) is 0. The molecule has 1 aromatic rings. The van der Waals surface area contributed by atoms with Crippen molar-refractivity contribution in [2.45, 2.75) is 19.4 Å². The van der Waals surface area contributed by atoms with Crippen LogP contribution in [0.2, 0.25) is 0 Å². The van der Waals surface area contributed by atoms with E-state index in [0.29, 0.717) is 36.9 Å². The number of carbonyl (C=O) groups is 1. The van der Waals surface area contributed by atoms with Gasteiger partial charge in [-0.15, -0.1) is 0 Å². The standard InChI is InChI=1S/C13H18N2O4S/c1-9-11(4-6-19-9)13(16)14-5-3-10-7-15(12(10)8-14)20(2,17)18/h4,6,10,12H,3,5,7-8H2,1-2H3/t10-,12-/m1/s1. The molecule has 20 heavy (non-hydrogen) atoms. The summed E-state index contributed by atoms with van der Waals surface area (Å²) in [5, 5.41) is 0. The molecule has 0 N–H and O–H groups in total. The summed E-state index contributed by atoms with van der Waals surface area (Å²) in [7, 11) is -3.17. The summed E-state index contributed by atoms with van der Waals surface area (Å²) in [5.41, 5.74) is 0.564. The lowest BCUT2D eigenvalue weighted by Gasteiger charge is -2.51. The molecular formula is C13H18N2O4S. The van der Waals surface area contributed by atoms with Gasteiger partial charge < -0.3 is 9.32 Å². The highest BCUT2D eigenvalue weighted by molar-refractivity contribution is 7.88. The van der Waals surface area contributed by atoms with Crippen molar-refractivity contribution >= 4 is 15.9 Å². The minimum Gasteiger partial charge on any atom is -0.469 e. The maximum Gasteiger partial charge on any atom is 0.257 e. The lowest BCUT2D eigenvalue weighted by molar-refractivity contribution is 0.0140. The number of nitrogens with zero attached hydrogens (tertiary/aromatic N) is 2. The molecule has 3 rings (SSSR count). The number of sulfonamides is 1. The lowest BCUT2D eigenvalue weighted by atomic mass is 9.84. The number of rotatable bonds is 2. The van der Waals surface area contributed by atoms with Crippen molar-refractivity contribution in [3.8, 4) is 0 Å². The maximum absolute atomic E-state index is 12.4. The number of piperidine rings is 1. The average Bonchev–Trinajstić information content (AvgIpc) is 2.74. The molecule has 0 saturated carbocycles. The third-order valence-corrected chi connectivity index (χ3v) is 5.58. The van der Waals surface area contributed by atoms with Crippen LogP contribution in [0.4, 0.5) is 0 Å². The van der Waals surface area contributed by atoms with Crippen molar-refractivity contribution in [1.82, 2.24) is 9.21 Å². The Bertz CT molecular complexity index is 637. The third-order valence-electron chi connectivity index (χ3n) is 4.31. The number of aryl methyl sites for hydroxylation is 1. The van der Waals surface area contributed by atoms with E-state index in [1.54, 1.807) is 17.9 Å². The lowest BCUT2D eigenvalue weighted by Crippen LogP contribution is -2.65. The SMILES string of the molecule is Cc1occc1C(=O)N1CC[C@@H]2CN(S(C)(=O)=O)[C@@H]2C1. The fourth-order valence-electron chi connectivity index (χ4n) is 3.09. The van der Waals surface area contributed by atoms with Crippen LogP contribution in [0.3, 0.4) is 0 Å². The number of hydrogen-bond acceptors (Lipinski definition) is 4. The van der Waals surface area contributed by atoms with Crippen molar-refractivity contribution < 1.29 is 17.6 Å². The van der Waals surface area contributed by atoms with Crippen molar-refractivity contribution in [2.75, 3.05) is 25.9 Å². The maximum atomic E-state index is 12.4. The number of carbonyl (C=O) groups excluding carboxylic acids is 1. The highest BCUT2D eigenvalue weighted by atomic mass is 32.2. The minimum absolute atomic E-state index is 0.0603. The highest BCUT2D eigenvalue weighted by Crippen LogP contribution is 2.34. The predicted octanol–water partition coefficient (Wildman–Crippen LogP) is 0.694. The first-order valence-electron chi connectivity index (χ1n) is 6.68. The van der Waals surface area contributed by atoms with Gasteiger partial charge in [0.25, 0.3) is 5.91 Å². The summed E-state index contributed by atoms with van der Waals surface area (Å²) in [6.45, 7) is 3.51. The van der Waals surface area contributed by atoms with Crippen LogP contribution in [0, 0.1) is 12.8 Å². The first-order chi connectivity index (χ1) is 9.38. The van der Waals surface area contributed by atoms with Crippen molar-refractivity contribution in [3.05, 3.63) is 23.7 Å². The van der Waals surface area contributed by atoms with E-state index in [4.69, 9.17) is 4.42 Å².